The summed E-state index contributed by atoms with van der Waals surface area (Å²) >= 11 is 0. The van der Waals surface area contributed by atoms with Crippen molar-refractivity contribution in [3.05, 3.63) is 0 Å². The standard InChI is InChI=1S/C14H23N3/c15-9-11-3-1-2-4-14(11)16-12-7-8-17(10-12)13-5-6-13/h11-14,16H,1-8,10H2. The van der Waals surface area contributed by atoms with Gasteiger partial charge in [0.05, 0.1) is 12.0 Å². The van der Waals surface area contributed by atoms with Gasteiger partial charge < -0.3 is 5.32 Å². The number of hydrogen-bond donors (Lipinski definition) is 1. The molecule has 2 aliphatic carbocycles. The second-order valence-corrected chi connectivity index (χ2v) is 6.00. The molecule has 0 bridgehead atoms. The number of nitrogens with zero attached hydrogens (tertiary/aromatic N) is 2. The van der Waals surface area contributed by atoms with Gasteiger partial charge in [-0.3, -0.25) is 4.90 Å². The van der Waals surface area contributed by atoms with Crippen molar-refractivity contribution in [2.75, 3.05) is 13.1 Å². The van der Waals surface area contributed by atoms with Crippen molar-refractivity contribution in [2.45, 2.75) is 63.1 Å². The molecule has 3 aliphatic rings. The van der Waals surface area contributed by atoms with E-state index < -0.39 is 0 Å². The van der Waals surface area contributed by atoms with Gasteiger partial charge in [0.2, 0.25) is 0 Å². The molecule has 94 valence electrons. The third-order valence-corrected chi connectivity index (χ3v) is 4.66. The first kappa shape index (κ1) is 11.5. The average Bonchev–Trinajstić information content (AvgIpc) is 3.11. The van der Waals surface area contributed by atoms with E-state index in [4.69, 9.17) is 0 Å². The fourth-order valence-corrected chi connectivity index (χ4v) is 3.48. The Morgan fingerprint density at radius 2 is 1.88 bits per heavy atom. The summed E-state index contributed by atoms with van der Waals surface area (Å²) in [4.78, 5) is 2.64. The molecule has 0 aromatic carbocycles. The van der Waals surface area contributed by atoms with Gasteiger partial charge in [0, 0.05) is 31.2 Å². The van der Waals surface area contributed by atoms with Crippen LogP contribution < -0.4 is 5.32 Å². The molecule has 3 atom stereocenters. The number of nitriles is 1. The molecular weight excluding hydrogens is 210 g/mol. The fourth-order valence-electron chi connectivity index (χ4n) is 3.48. The van der Waals surface area contributed by atoms with Gasteiger partial charge in [-0.15, -0.1) is 0 Å². The van der Waals surface area contributed by atoms with Crippen molar-refractivity contribution >= 4 is 0 Å². The number of nitrogens with one attached hydrogen (secondary N) is 1. The van der Waals surface area contributed by atoms with Crippen molar-refractivity contribution in [3.63, 3.8) is 0 Å². The molecule has 0 radical (unpaired) electrons. The second kappa shape index (κ2) is 4.96. The molecule has 1 heterocycles. The van der Waals surface area contributed by atoms with Gasteiger partial charge in [-0.1, -0.05) is 12.8 Å². The Morgan fingerprint density at radius 3 is 2.65 bits per heavy atom. The van der Waals surface area contributed by atoms with E-state index in [0.717, 1.165) is 12.5 Å². The zero-order valence-corrected chi connectivity index (χ0v) is 10.6. The number of rotatable bonds is 3. The largest absolute Gasteiger partial charge is 0.309 e. The maximum atomic E-state index is 9.19. The molecule has 0 aromatic rings. The van der Waals surface area contributed by atoms with Crippen LogP contribution in [-0.2, 0) is 0 Å². The summed E-state index contributed by atoms with van der Waals surface area (Å²) in [5.74, 6) is 0.263. The Bertz CT molecular complexity index is 305. The molecule has 3 fully saturated rings. The molecule has 0 spiro atoms. The van der Waals surface area contributed by atoms with E-state index in [0.29, 0.717) is 12.1 Å². The summed E-state index contributed by atoms with van der Waals surface area (Å²) in [5, 5.41) is 13.0. The minimum Gasteiger partial charge on any atom is -0.309 e. The third kappa shape index (κ3) is 2.64. The van der Waals surface area contributed by atoms with Crippen molar-refractivity contribution in [3.8, 4) is 6.07 Å². The molecule has 3 heteroatoms. The minimum atomic E-state index is 0.263. The Labute approximate surface area is 104 Å². The van der Waals surface area contributed by atoms with Gasteiger partial charge in [-0.2, -0.15) is 5.26 Å². The lowest BCUT2D eigenvalue weighted by molar-refractivity contribution is 0.271. The molecule has 3 unspecified atom stereocenters. The van der Waals surface area contributed by atoms with E-state index >= 15 is 0 Å². The summed E-state index contributed by atoms with van der Waals surface area (Å²) in [7, 11) is 0. The summed E-state index contributed by atoms with van der Waals surface area (Å²) < 4.78 is 0. The Balaban J connectivity index is 1.50. The van der Waals surface area contributed by atoms with Crippen molar-refractivity contribution < 1.29 is 0 Å². The molecule has 3 rings (SSSR count). The smallest absolute Gasteiger partial charge is 0.0672 e. The lowest BCUT2D eigenvalue weighted by Gasteiger charge is -2.30. The zero-order valence-electron chi connectivity index (χ0n) is 10.6. The topological polar surface area (TPSA) is 39.1 Å². The third-order valence-electron chi connectivity index (χ3n) is 4.66. The summed E-state index contributed by atoms with van der Waals surface area (Å²) in [6.07, 6.45) is 8.97. The van der Waals surface area contributed by atoms with Gasteiger partial charge >= 0.3 is 0 Å². The molecule has 3 nitrogen and oxygen atoms in total. The van der Waals surface area contributed by atoms with Gasteiger partial charge in [0.15, 0.2) is 0 Å². The predicted octanol–water partition coefficient (Wildman–Crippen LogP) is 1.90. The highest BCUT2D eigenvalue weighted by atomic mass is 15.2. The van der Waals surface area contributed by atoms with Crippen LogP contribution in [0.25, 0.3) is 0 Å². The molecule has 0 aromatic heterocycles. The lowest BCUT2D eigenvalue weighted by Crippen LogP contribution is -2.45. The molecule has 2 saturated carbocycles. The van der Waals surface area contributed by atoms with Crippen LogP contribution in [0.2, 0.25) is 0 Å². The van der Waals surface area contributed by atoms with Gasteiger partial charge in [-0.25, -0.2) is 0 Å². The van der Waals surface area contributed by atoms with E-state index in [9.17, 15) is 5.26 Å². The Morgan fingerprint density at radius 1 is 1.06 bits per heavy atom. The number of hydrogen-bond acceptors (Lipinski definition) is 3. The van der Waals surface area contributed by atoms with Crippen LogP contribution in [0.5, 0.6) is 0 Å². The monoisotopic (exact) mass is 233 g/mol. The van der Waals surface area contributed by atoms with Crippen LogP contribution in [0.4, 0.5) is 0 Å². The van der Waals surface area contributed by atoms with E-state index in [1.54, 1.807) is 0 Å². The van der Waals surface area contributed by atoms with Crippen LogP contribution >= 0.6 is 0 Å². The molecule has 1 N–H and O–H groups in total. The van der Waals surface area contributed by atoms with Crippen LogP contribution in [-0.4, -0.2) is 36.1 Å². The van der Waals surface area contributed by atoms with Crippen molar-refractivity contribution in [1.29, 1.82) is 5.26 Å². The first-order valence-electron chi connectivity index (χ1n) is 7.26. The summed E-state index contributed by atoms with van der Waals surface area (Å²) in [5.41, 5.74) is 0. The summed E-state index contributed by atoms with van der Waals surface area (Å²) in [6.45, 7) is 2.49. The van der Waals surface area contributed by atoms with Gasteiger partial charge in [0.25, 0.3) is 0 Å². The van der Waals surface area contributed by atoms with E-state index in [1.165, 1.54) is 51.6 Å². The van der Waals surface area contributed by atoms with Crippen LogP contribution in [0.15, 0.2) is 0 Å². The SMILES string of the molecule is N#CC1CCCCC1NC1CCN(C2CC2)C1. The molecule has 1 saturated heterocycles. The normalized spacial score (nSPS) is 39.1. The minimum absolute atomic E-state index is 0.263. The number of likely N-dealkylation sites (tertiary alicyclic amines) is 1. The highest BCUT2D eigenvalue weighted by molar-refractivity contribution is 4.98. The maximum absolute atomic E-state index is 9.19. The average molecular weight is 233 g/mol. The van der Waals surface area contributed by atoms with Crippen LogP contribution in [0.3, 0.4) is 0 Å². The van der Waals surface area contributed by atoms with Crippen molar-refractivity contribution in [2.24, 2.45) is 5.92 Å². The molecular formula is C14H23N3. The quantitative estimate of drug-likeness (QED) is 0.809. The molecule has 1 aliphatic heterocycles. The fraction of sp³-hybridized carbons (Fsp3) is 0.929. The lowest BCUT2D eigenvalue weighted by atomic mass is 9.85. The van der Waals surface area contributed by atoms with E-state index in [-0.39, 0.29) is 5.92 Å². The highest BCUT2D eigenvalue weighted by Crippen LogP contribution is 2.31. The van der Waals surface area contributed by atoms with Crippen LogP contribution in [0, 0.1) is 17.2 Å². The van der Waals surface area contributed by atoms with Crippen LogP contribution in [0.1, 0.15) is 44.9 Å². The van der Waals surface area contributed by atoms with E-state index in [2.05, 4.69) is 16.3 Å². The predicted molar refractivity (Wildman–Crippen MR) is 67.5 cm³/mol. The first-order chi connectivity index (χ1) is 8.36. The highest BCUT2D eigenvalue weighted by Gasteiger charge is 2.36. The Hall–Kier alpha value is -0.590. The maximum Gasteiger partial charge on any atom is 0.0672 e. The summed E-state index contributed by atoms with van der Waals surface area (Å²) in [6, 6.07) is 4.52. The van der Waals surface area contributed by atoms with Crippen molar-refractivity contribution in [1.82, 2.24) is 10.2 Å². The first-order valence-corrected chi connectivity index (χ1v) is 7.26. The molecule has 0 amide bonds. The van der Waals surface area contributed by atoms with E-state index in [1.807, 2.05) is 0 Å². The Kier molecular flexibility index (Phi) is 3.35. The van der Waals surface area contributed by atoms with Gasteiger partial charge in [-0.05, 0) is 32.1 Å². The second-order valence-electron chi connectivity index (χ2n) is 6.00. The zero-order chi connectivity index (χ0) is 11.7. The van der Waals surface area contributed by atoms with Gasteiger partial charge in [0.1, 0.15) is 0 Å². The molecule has 17 heavy (non-hydrogen) atoms.